The first-order valence-corrected chi connectivity index (χ1v) is 10.1. The Morgan fingerprint density at radius 3 is 1.00 bits per heavy atom. The molecule has 2 saturated carbocycles. The molecule has 2 nitrogen and oxygen atoms in total. The second-order valence-electron chi connectivity index (χ2n) is 11.7. The van der Waals surface area contributed by atoms with Crippen molar-refractivity contribution in [1.82, 2.24) is 0 Å². The minimum atomic E-state index is 0. The number of nitrogens with two attached hydrogens (primary N) is 2. The minimum absolute atomic E-state index is 0. The van der Waals surface area contributed by atoms with Crippen molar-refractivity contribution >= 4 is 54.0 Å². The van der Waals surface area contributed by atoms with E-state index in [9.17, 15) is 0 Å². The van der Waals surface area contributed by atoms with Crippen LogP contribution in [0, 0.1) is 33.5 Å². The van der Waals surface area contributed by atoms with Crippen LogP contribution in [-0.4, -0.2) is 13.1 Å². The topological polar surface area (TPSA) is 52.0 Å². The van der Waals surface area contributed by atoms with Crippen molar-refractivity contribution in [2.24, 2.45) is 45.0 Å². The average molecular weight is 563 g/mol. The predicted molar refractivity (Wildman–Crippen MR) is 137 cm³/mol. The summed E-state index contributed by atoms with van der Waals surface area (Å²) in [5.74, 6) is 1.70. The van der Waals surface area contributed by atoms with Gasteiger partial charge in [-0.15, -0.1) is 0 Å². The zero-order valence-electron chi connectivity index (χ0n) is 20.0. The second-order valence-corrected chi connectivity index (χ2v) is 11.7. The van der Waals surface area contributed by atoms with E-state index in [0.717, 1.165) is 24.9 Å². The van der Waals surface area contributed by atoms with Gasteiger partial charge in [-0.1, -0.05) is 55.4 Å². The number of rotatable bonds is 2. The smallest absolute Gasteiger partial charge is 0 e. The number of hydrogen-bond donors (Lipinski definition) is 2. The average Bonchev–Trinajstić information content (AvgIpc) is 2.33. The molecule has 0 heterocycles. The summed E-state index contributed by atoms with van der Waals surface area (Å²) in [7, 11) is 0. The van der Waals surface area contributed by atoms with Crippen molar-refractivity contribution in [1.29, 1.82) is 0 Å². The molecule has 0 aromatic carbocycles. The first-order valence-electron chi connectivity index (χ1n) is 10.1. The van der Waals surface area contributed by atoms with Crippen LogP contribution in [0.4, 0.5) is 0 Å². The molecule has 182 valence electrons. The maximum atomic E-state index is 5.82. The van der Waals surface area contributed by atoms with Crippen molar-refractivity contribution in [3.8, 4) is 0 Å². The van der Waals surface area contributed by atoms with Crippen LogP contribution in [0.25, 0.3) is 0 Å². The number of hydrogen-bond acceptors (Lipinski definition) is 2. The largest absolute Gasteiger partial charge is 2.00 e. The summed E-state index contributed by atoms with van der Waals surface area (Å²) in [6, 6.07) is 0. The molecule has 2 aliphatic carbocycles. The maximum Gasteiger partial charge on any atom is 0 e. The van der Waals surface area contributed by atoms with Gasteiger partial charge >= 0.3 is 0 Å². The van der Waals surface area contributed by atoms with Gasteiger partial charge in [-0.05, 0) is 85.1 Å². The van der Waals surface area contributed by atoms with E-state index in [4.69, 9.17) is 11.5 Å². The van der Waals surface area contributed by atoms with E-state index in [2.05, 4.69) is 55.4 Å². The van der Waals surface area contributed by atoms with Crippen LogP contribution in [0.15, 0.2) is 0 Å². The van der Waals surface area contributed by atoms with E-state index in [0.29, 0.717) is 21.7 Å². The Morgan fingerprint density at radius 1 is 0.586 bits per heavy atom. The molecule has 0 spiro atoms. The van der Waals surface area contributed by atoms with E-state index < -0.39 is 0 Å². The van der Waals surface area contributed by atoms with Crippen molar-refractivity contribution in [2.45, 2.75) is 93.9 Å². The zero-order valence-corrected chi connectivity index (χ0v) is 25.3. The van der Waals surface area contributed by atoms with Gasteiger partial charge in [-0.3, -0.25) is 0 Å². The molecule has 29 heavy (non-hydrogen) atoms. The molecule has 4 atom stereocenters. The predicted octanol–water partition coefficient (Wildman–Crippen LogP) is 5.58. The fourth-order valence-corrected chi connectivity index (χ4v) is 6.62. The SMILES string of the molecule is CC1CC(C)(C)CC(C)(CN)C1.CC1CC(C)(C)CC(C)(CN)C1.[Mo].[S-2].[S-2].[S-2].[S-2]. The van der Waals surface area contributed by atoms with Crippen LogP contribution in [0.2, 0.25) is 0 Å². The Bertz CT molecular complexity index is 386. The Balaban J connectivity index is -0.000000113. The van der Waals surface area contributed by atoms with Crippen LogP contribution in [-0.2, 0) is 75.0 Å². The summed E-state index contributed by atoms with van der Waals surface area (Å²) in [6.45, 7) is 20.6. The van der Waals surface area contributed by atoms with E-state index >= 15 is 0 Å². The Morgan fingerprint density at radius 2 is 0.828 bits per heavy atom. The van der Waals surface area contributed by atoms with Gasteiger partial charge in [0, 0.05) is 21.1 Å². The van der Waals surface area contributed by atoms with E-state index in [-0.39, 0.29) is 75.0 Å². The summed E-state index contributed by atoms with van der Waals surface area (Å²) >= 11 is 0. The van der Waals surface area contributed by atoms with Crippen molar-refractivity contribution in [3.63, 3.8) is 0 Å². The molecular formula is C22H46MoN2S4-8. The minimum Gasteiger partial charge on any atom is -2.00 e. The molecule has 0 aromatic heterocycles. The van der Waals surface area contributed by atoms with Crippen molar-refractivity contribution < 1.29 is 21.1 Å². The molecule has 2 fully saturated rings. The molecule has 0 saturated heterocycles. The zero-order chi connectivity index (χ0) is 18.8. The third kappa shape index (κ3) is 14.7. The Kier molecular flexibility index (Phi) is 22.5. The molecule has 2 rings (SSSR count). The van der Waals surface area contributed by atoms with Gasteiger partial charge in [0.25, 0.3) is 0 Å². The maximum absolute atomic E-state index is 5.82. The molecular weight excluding hydrogens is 516 g/mol. The van der Waals surface area contributed by atoms with Gasteiger partial charge in [0.15, 0.2) is 0 Å². The standard InChI is InChI=1S/2C11H23N.Mo.4S/c2*1-9-5-10(2,3)7-11(4,6-9)8-12;;;;;/h2*9H,5-8,12H2,1-4H3;;;;;/q;;;4*-2. The second kappa shape index (κ2) is 15.8. The first kappa shape index (κ1) is 41.3. The molecule has 0 aliphatic heterocycles. The van der Waals surface area contributed by atoms with Crippen molar-refractivity contribution in [3.05, 3.63) is 0 Å². The molecule has 0 aromatic rings. The van der Waals surface area contributed by atoms with Crippen LogP contribution in [0.1, 0.15) is 93.9 Å². The molecule has 4 N–H and O–H groups in total. The molecule has 0 radical (unpaired) electrons. The third-order valence-electron chi connectivity index (χ3n) is 6.28. The molecule has 4 unspecified atom stereocenters. The van der Waals surface area contributed by atoms with Gasteiger partial charge in [0.1, 0.15) is 0 Å². The Labute approximate surface area is 225 Å². The van der Waals surface area contributed by atoms with Crippen LogP contribution in [0.3, 0.4) is 0 Å². The van der Waals surface area contributed by atoms with Crippen LogP contribution < -0.4 is 11.5 Å². The summed E-state index contributed by atoms with van der Waals surface area (Å²) in [6.07, 6.45) is 7.94. The Hall–Kier alpha value is 2.01. The molecule has 0 bridgehead atoms. The van der Waals surface area contributed by atoms with Gasteiger partial charge in [0.2, 0.25) is 0 Å². The fraction of sp³-hybridized carbons (Fsp3) is 1.00. The quantitative estimate of drug-likeness (QED) is 0.432. The van der Waals surface area contributed by atoms with Gasteiger partial charge in [-0.25, -0.2) is 0 Å². The fourth-order valence-electron chi connectivity index (χ4n) is 6.62. The molecule has 7 heteroatoms. The monoisotopic (exact) mass is 564 g/mol. The van der Waals surface area contributed by atoms with E-state index in [1.54, 1.807) is 0 Å². The first-order chi connectivity index (χ1) is 10.7. The van der Waals surface area contributed by atoms with Crippen LogP contribution in [0.5, 0.6) is 0 Å². The van der Waals surface area contributed by atoms with Crippen LogP contribution >= 0.6 is 0 Å². The summed E-state index contributed by atoms with van der Waals surface area (Å²) in [4.78, 5) is 0. The van der Waals surface area contributed by atoms with Gasteiger partial charge < -0.3 is 65.5 Å². The summed E-state index contributed by atoms with van der Waals surface area (Å²) < 4.78 is 0. The molecule has 2 aliphatic rings. The normalized spacial score (nSPS) is 34.1. The van der Waals surface area contributed by atoms with Gasteiger partial charge in [-0.2, -0.15) is 0 Å². The van der Waals surface area contributed by atoms with Crippen molar-refractivity contribution in [2.75, 3.05) is 13.1 Å². The molecule has 0 amide bonds. The third-order valence-corrected chi connectivity index (χ3v) is 6.28. The summed E-state index contributed by atoms with van der Waals surface area (Å²) in [5, 5.41) is 0. The van der Waals surface area contributed by atoms with Gasteiger partial charge in [0.05, 0.1) is 0 Å². The van der Waals surface area contributed by atoms with E-state index in [1.807, 2.05) is 0 Å². The summed E-state index contributed by atoms with van der Waals surface area (Å²) in [5.41, 5.74) is 13.5. The van der Waals surface area contributed by atoms with E-state index in [1.165, 1.54) is 38.5 Å².